The standard InChI is InChI=1S/C9H15N5/c1-6-11-8(13-10)5-9(12-6)14(2)7-3-4-7/h5,7H,3-4,10H2,1-2H3,(H,11,12,13). The van der Waals surface area contributed by atoms with Gasteiger partial charge in [-0.3, -0.25) is 0 Å². The lowest BCUT2D eigenvalue weighted by molar-refractivity contribution is 0.874. The minimum absolute atomic E-state index is 0.648. The molecule has 0 atom stereocenters. The van der Waals surface area contributed by atoms with E-state index >= 15 is 0 Å². The molecule has 1 aromatic rings. The number of nitrogens with two attached hydrogens (primary N) is 1. The number of anilines is 2. The van der Waals surface area contributed by atoms with Gasteiger partial charge < -0.3 is 10.3 Å². The largest absolute Gasteiger partial charge is 0.357 e. The fourth-order valence-electron chi connectivity index (χ4n) is 1.46. The van der Waals surface area contributed by atoms with Gasteiger partial charge in [0.15, 0.2) is 0 Å². The van der Waals surface area contributed by atoms with Gasteiger partial charge in [-0.05, 0) is 19.8 Å². The molecule has 1 aliphatic carbocycles. The number of nitrogen functional groups attached to an aromatic ring is 1. The second kappa shape index (κ2) is 3.42. The Hall–Kier alpha value is -1.36. The summed E-state index contributed by atoms with van der Waals surface area (Å²) >= 11 is 0. The number of hydrogen-bond acceptors (Lipinski definition) is 5. The first kappa shape index (κ1) is 9.21. The van der Waals surface area contributed by atoms with Crippen molar-refractivity contribution in [1.82, 2.24) is 9.97 Å². The molecule has 76 valence electrons. The summed E-state index contributed by atoms with van der Waals surface area (Å²) < 4.78 is 0. The molecule has 1 fully saturated rings. The first-order valence-corrected chi connectivity index (χ1v) is 4.76. The van der Waals surface area contributed by atoms with Crippen molar-refractivity contribution in [3.63, 3.8) is 0 Å². The van der Waals surface area contributed by atoms with Gasteiger partial charge in [0, 0.05) is 19.2 Å². The zero-order valence-electron chi connectivity index (χ0n) is 8.49. The quantitative estimate of drug-likeness (QED) is 0.545. The van der Waals surface area contributed by atoms with Crippen molar-refractivity contribution in [2.75, 3.05) is 17.4 Å². The fourth-order valence-corrected chi connectivity index (χ4v) is 1.46. The van der Waals surface area contributed by atoms with E-state index in [1.807, 2.05) is 13.0 Å². The van der Waals surface area contributed by atoms with Crippen LogP contribution in [0.25, 0.3) is 0 Å². The highest BCUT2D eigenvalue weighted by molar-refractivity contribution is 5.49. The first-order valence-electron chi connectivity index (χ1n) is 4.76. The Morgan fingerprint density at radius 3 is 2.79 bits per heavy atom. The van der Waals surface area contributed by atoms with E-state index in [1.54, 1.807) is 0 Å². The van der Waals surface area contributed by atoms with Crippen LogP contribution in [0.2, 0.25) is 0 Å². The maximum atomic E-state index is 5.32. The lowest BCUT2D eigenvalue weighted by atomic mass is 10.4. The Labute approximate surface area is 83.3 Å². The first-order chi connectivity index (χ1) is 6.70. The number of rotatable bonds is 3. The third-order valence-electron chi connectivity index (χ3n) is 2.43. The summed E-state index contributed by atoms with van der Waals surface area (Å²) in [6, 6.07) is 2.51. The molecule has 0 spiro atoms. The van der Waals surface area contributed by atoms with Gasteiger partial charge in [-0.25, -0.2) is 15.8 Å². The molecule has 1 heterocycles. The number of hydrogen-bond donors (Lipinski definition) is 2. The number of hydrazine groups is 1. The van der Waals surface area contributed by atoms with Crippen LogP contribution in [0.5, 0.6) is 0 Å². The second-order valence-electron chi connectivity index (χ2n) is 3.65. The molecule has 1 saturated carbocycles. The van der Waals surface area contributed by atoms with Gasteiger partial charge in [-0.1, -0.05) is 0 Å². The molecule has 0 aliphatic heterocycles. The Morgan fingerprint density at radius 2 is 2.21 bits per heavy atom. The second-order valence-corrected chi connectivity index (χ2v) is 3.65. The molecule has 1 aromatic heterocycles. The molecule has 0 unspecified atom stereocenters. The summed E-state index contributed by atoms with van der Waals surface area (Å²) in [4.78, 5) is 10.7. The van der Waals surface area contributed by atoms with E-state index in [0.717, 1.165) is 11.6 Å². The highest BCUT2D eigenvalue weighted by atomic mass is 15.3. The van der Waals surface area contributed by atoms with Crippen LogP contribution in [0, 0.1) is 6.92 Å². The van der Waals surface area contributed by atoms with Crippen molar-refractivity contribution in [2.45, 2.75) is 25.8 Å². The van der Waals surface area contributed by atoms with Crippen LogP contribution in [0.3, 0.4) is 0 Å². The van der Waals surface area contributed by atoms with E-state index in [9.17, 15) is 0 Å². The molecule has 3 N–H and O–H groups in total. The minimum atomic E-state index is 0.648. The van der Waals surface area contributed by atoms with E-state index in [1.165, 1.54) is 12.8 Å². The molecule has 5 nitrogen and oxygen atoms in total. The highest BCUT2D eigenvalue weighted by Gasteiger charge is 2.27. The van der Waals surface area contributed by atoms with Crippen molar-refractivity contribution in [3.05, 3.63) is 11.9 Å². The molecule has 0 radical (unpaired) electrons. The van der Waals surface area contributed by atoms with Gasteiger partial charge in [0.1, 0.15) is 17.5 Å². The zero-order valence-corrected chi connectivity index (χ0v) is 8.49. The van der Waals surface area contributed by atoms with Crippen LogP contribution in [0.1, 0.15) is 18.7 Å². The summed E-state index contributed by atoms with van der Waals surface area (Å²) in [6.45, 7) is 1.87. The SMILES string of the molecule is Cc1nc(NN)cc(N(C)C2CC2)n1. The summed E-state index contributed by atoms with van der Waals surface area (Å²) in [7, 11) is 2.06. The summed E-state index contributed by atoms with van der Waals surface area (Å²) in [6.07, 6.45) is 2.51. The van der Waals surface area contributed by atoms with Crippen molar-refractivity contribution >= 4 is 11.6 Å². The van der Waals surface area contributed by atoms with E-state index in [-0.39, 0.29) is 0 Å². The van der Waals surface area contributed by atoms with Crippen molar-refractivity contribution < 1.29 is 0 Å². The Bertz CT molecular complexity index is 334. The molecule has 0 saturated heterocycles. The lowest BCUT2D eigenvalue weighted by Gasteiger charge is -2.18. The smallest absolute Gasteiger partial charge is 0.145 e. The lowest BCUT2D eigenvalue weighted by Crippen LogP contribution is -2.22. The van der Waals surface area contributed by atoms with Crippen molar-refractivity contribution in [1.29, 1.82) is 0 Å². The van der Waals surface area contributed by atoms with Crippen molar-refractivity contribution in [2.24, 2.45) is 5.84 Å². The van der Waals surface area contributed by atoms with E-state index in [0.29, 0.717) is 11.9 Å². The third-order valence-corrected chi connectivity index (χ3v) is 2.43. The summed E-state index contributed by atoms with van der Waals surface area (Å²) in [5, 5.41) is 0. The van der Waals surface area contributed by atoms with Gasteiger partial charge in [0.05, 0.1) is 0 Å². The topological polar surface area (TPSA) is 67.1 Å². The normalized spacial score (nSPS) is 15.4. The number of aromatic nitrogens is 2. The van der Waals surface area contributed by atoms with Gasteiger partial charge in [-0.15, -0.1) is 0 Å². The maximum absolute atomic E-state index is 5.32. The van der Waals surface area contributed by atoms with Gasteiger partial charge in [0.2, 0.25) is 0 Å². The van der Waals surface area contributed by atoms with Gasteiger partial charge in [0.25, 0.3) is 0 Å². The van der Waals surface area contributed by atoms with E-state index in [2.05, 4.69) is 27.3 Å². The van der Waals surface area contributed by atoms with Crippen LogP contribution in [0.4, 0.5) is 11.6 Å². The monoisotopic (exact) mass is 193 g/mol. The molecule has 0 amide bonds. The highest BCUT2D eigenvalue weighted by Crippen LogP contribution is 2.29. The van der Waals surface area contributed by atoms with Crippen LogP contribution < -0.4 is 16.2 Å². The van der Waals surface area contributed by atoms with E-state index in [4.69, 9.17) is 5.84 Å². The predicted molar refractivity (Wildman–Crippen MR) is 56.0 cm³/mol. The zero-order chi connectivity index (χ0) is 10.1. The third kappa shape index (κ3) is 1.77. The average molecular weight is 193 g/mol. The van der Waals surface area contributed by atoms with E-state index < -0.39 is 0 Å². The fraction of sp³-hybridized carbons (Fsp3) is 0.556. The molecule has 14 heavy (non-hydrogen) atoms. The maximum Gasteiger partial charge on any atom is 0.145 e. The van der Waals surface area contributed by atoms with Gasteiger partial charge in [-0.2, -0.15) is 0 Å². The molecule has 1 aliphatic rings. The number of aryl methyl sites for hydroxylation is 1. The number of nitrogens with zero attached hydrogens (tertiary/aromatic N) is 3. The molecule has 0 aromatic carbocycles. The molecule has 0 bridgehead atoms. The minimum Gasteiger partial charge on any atom is -0.357 e. The average Bonchev–Trinajstić information content (AvgIpc) is 2.99. The van der Waals surface area contributed by atoms with Crippen molar-refractivity contribution in [3.8, 4) is 0 Å². The molecular formula is C9H15N5. The summed E-state index contributed by atoms with van der Waals surface area (Å²) in [5.41, 5.74) is 2.54. The van der Waals surface area contributed by atoms with Crippen LogP contribution in [-0.2, 0) is 0 Å². The van der Waals surface area contributed by atoms with Crippen LogP contribution in [0.15, 0.2) is 6.07 Å². The summed E-state index contributed by atoms with van der Waals surface area (Å²) in [5.74, 6) is 7.66. The molecule has 5 heteroatoms. The Morgan fingerprint density at radius 1 is 1.50 bits per heavy atom. The Kier molecular flexibility index (Phi) is 2.25. The molecular weight excluding hydrogens is 178 g/mol. The number of nitrogens with one attached hydrogen (secondary N) is 1. The predicted octanol–water partition coefficient (Wildman–Crippen LogP) is 0.669. The van der Waals surface area contributed by atoms with Gasteiger partial charge >= 0.3 is 0 Å². The van der Waals surface area contributed by atoms with Crippen LogP contribution >= 0.6 is 0 Å². The molecule has 2 rings (SSSR count). The van der Waals surface area contributed by atoms with Crippen LogP contribution in [-0.4, -0.2) is 23.1 Å². The Balaban J connectivity index is 2.27.